The molecule has 1 aromatic carbocycles. The first-order chi connectivity index (χ1) is 9.34. The molecule has 0 spiro atoms. The molecule has 2 atom stereocenters. The Labute approximate surface area is 123 Å². The van der Waals surface area contributed by atoms with Crippen molar-refractivity contribution >= 4 is 17.0 Å². The smallest absolute Gasteiger partial charge is 0.324 e. The minimum absolute atomic E-state index is 0.313. The van der Waals surface area contributed by atoms with Gasteiger partial charge in [-0.25, -0.2) is 8.93 Å². The van der Waals surface area contributed by atoms with E-state index in [1.54, 1.807) is 6.92 Å². The molecule has 1 rings (SSSR count). The second-order valence-electron chi connectivity index (χ2n) is 5.49. The summed E-state index contributed by atoms with van der Waals surface area (Å²) in [5, 5.41) is 0. The molecule has 1 N–H and O–H groups in total. The molecule has 0 aromatic heterocycles. The minimum atomic E-state index is -1.32. The fraction of sp³-hybridized carbons (Fsp3) is 0.533. The maximum atomic E-state index is 12.2. The molecule has 1 unspecified atom stereocenters. The fourth-order valence-electron chi connectivity index (χ4n) is 1.57. The molecule has 20 heavy (non-hydrogen) atoms. The van der Waals surface area contributed by atoms with Gasteiger partial charge in [-0.3, -0.25) is 4.79 Å². The van der Waals surface area contributed by atoms with E-state index >= 15 is 0 Å². The first-order valence-electron chi connectivity index (χ1n) is 6.73. The van der Waals surface area contributed by atoms with Gasteiger partial charge >= 0.3 is 5.97 Å². The summed E-state index contributed by atoms with van der Waals surface area (Å²) in [5.74, 6) is -0.367. The first kappa shape index (κ1) is 16.9. The number of ether oxygens (including phenoxy) is 1. The normalized spacial score (nSPS) is 14.6. The summed E-state index contributed by atoms with van der Waals surface area (Å²) in [6.07, 6.45) is 0.460. The van der Waals surface area contributed by atoms with E-state index in [1.165, 1.54) is 0 Å². The summed E-state index contributed by atoms with van der Waals surface area (Å²) in [6, 6.07) is 9.03. The predicted molar refractivity (Wildman–Crippen MR) is 81.6 cm³/mol. The lowest BCUT2D eigenvalue weighted by molar-refractivity contribution is -0.145. The Bertz CT molecular complexity index is 454. The van der Waals surface area contributed by atoms with Crippen LogP contribution in [-0.4, -0.2) is 27.6 Å². The van der Waals surface area contributed by atoms with Crippen molar-refractivity contribution < 1.29 is 13.7 Å². The highest BCUT2D eigenvalue weighted by Gasteiger charge is 2.27. The highest BCUT2D eigenvalue weighted by molar-refractivity contribution is 7.84. The molecule has 0 amide bonds. The summed E-state index contributed by atoms with van der Waals surface area (Å²) < 4.78 is 19.7. The van der Waals surface area contributed by atoms with Crippen LogP contribution in [0.5, 0.6) is 0 Å². The van der Waals surface area contributed by atoms with E-state index in [0.29, 0.717) is 13.0 Å². The molecule has 0 saturated carbocycles. The minimum Gasteiger partial charge on any atom is -0.465 e. The van der Waals surface area contributed by atoms with Crippen LogP contribution in [-0.2, 0) is 26.9 Å². The van der Waals surface area contributed by atoms with E-state index in [-0.39, 0.29) is 5.97 Å². The molecule has 0 bridgehead atoms. The number of carbonyl (C=O) groups is 1. The number of esters is 1. The Morgan fingerprint density at radius 1 is 1.30 bits per heavy atom. The predicted octanol–water partition coefficient (Wildman–Crippen LogP) is 2.21. The molecule has 0 heterocycles. The molecule has 5 heteroatoms. The standard InChI is InChI=1S/C15H23NO3S/c1-5-19-14(17)13(16-20(18)15(2,3)4)11-12-9-7-6-8-10-12/h6-10,13,16H,5,11H2,1-4H3/t13-,20?/m1/s1. The lowest BCUT2D eigenvalue weighted by Crippen LogP contribution is -2.45. The van der Waals surface area contributed by atoms with Crippen LogP contribution in [0.3, 0.4) is 0 Å². The average molecular weight is 297 g/mol. The third kappa shape index (κ3) is 5.43. The van der Waals surface area contributed by atoms with Gasteiger partial charge in [0.05, 0.1) is 22.3 Å². The Morgan fingerprint density at radius 3 is 2.40 bits per heavy atom. The number of nitrogens with one attached hydrogen (secondary N) is 1. The zero-order chi connectivity index (χ0) is 15.2. The van der Waals surface area contributed by atoms with E-state index in [9.17, 15) is 9.00 Å². The number of hydrogen-bond acceptors (Lipinski definition) is 3. The van der Waals surface area contributed by atoms with Crippen molar-refractivity contribution in [1.29, 1.82) is 0 Å². The third-order valence-electron chi connectivity index (χ3n) is 2.66. The lowest BCUT2D eigenvalue weighted by atomic mass is 10.1. The van der Waals surface area contributed by atoms with Crippen molar-refractivity contribution in [3.63, 3.8) is 0 Å². The maximum Gasteiger partial charge on any atom is 0.324 e. The average Bonchev–Trinajstić information content (AvgIpc) is 2.38. The van der Waals surface area contributed by atoms with Gasteiger partial charge < -0.3 is 4.74 Å². The van der Waals surface area contributed by atoms with Crippen LogP contribution < -0.4 is 4.72 Å². The largest absolute Gasteiger partial charge is 0.465 e. The summed E-state index contributed by atoms with van der Waals surface area (Å²) in [4.78, 5) is 12.0. The molecule has 0 aliphatic heterocycles. The summed E-state index contributed by atoms with van der Waals surface area (Å²) in [7, 11) is -1.32. The number of carbonyl (C=O) groups excluding carboxylic acids is 1. The number of rotatable bonds is 6. The van der Waals surface area contributed by atoms with E-state index in [2.05, 4.69) is 4.72 Å². The van der Waals surface area contributed by atoms with Crippen molar-refractivity contribution in [3.05, 3.63) is 35.9 Å². The van der Waals surface area contributed by atoms with Crippen LogP contribution in [0.15, 0.2) is 30.3 Å². The zero-order valence-corrected chi connectivity index (χ0v) is 13.3. The van der Waals surface area contributed by atoms with Crippen molar-refractivity contribution in [2.75, 3.05) is 6.61 Å². The zero-order valence-electron chi connectivity index (χ0n) is 12.5. The van der Waals surface area contributed by atoms with Crippen LogP contribution in [0.2, 0.25) is 0 Å². The molecule has 0 saturated heterocycles. The van der Waals surface area contributed by atoms with Crippen LogP contribution >= 0.6 is 0 Å². The number of hydrogen-bond donors (Lipinski definition) is 1. The molecular weight excluding hydrogens is 274 g/mol. The summed E-state index contributed by atoms with van der Waals surface area (Å²) >= 11 is 0. The van der Waals surface area contributed by atoms with E-state index < -0.39 is 21.8 Å². The van der Waals surface area contributed by atoms with Crippen molar-refractivity contribution in [1.82, 2.24) is 4.72 Å². The van der Waals surface area contributed by atoms with Gasteiger partial charge in [-0.15, -0.1) is 0 Å². The lowest BCUT2D eigenvalue weighted by Gasteiger charge is -2.23. The molecule has 112 valence electrons. The Balaban J connectivity index is 2.81. The molecule has 4 nitrogen and oxygen atoms in total. The second-order valence-corrected chi connectivity index (χ2v) is 7.49. The van der Waals surface area contributed by atoms with Gasteiger partial charge in [-0.05, 0) is 39.7 Å². The van der Waals surface area contributed by atoms with Crippen LogP contribution in [0.4, 0.5) is 0 Å². The molecule has 0 aliphatic carbocycles. The van der Waals surface area contributed by atoms with E-state index in [1.807, 2.05) is 51.1 Å². The van der Waals surface area contributed by atoms with Crippen LogP contribution in [0.1, 0.15) is 33.3 Å². The van der Waals surface area contributed by atoms with Gasteiger partial charge in [0.15, 0.2) is 0 Å². The van der Waals surface area contributed by atoms with Gasteiger partial charge in [0.25, 0.3) is 0 Å². The number of benzene rings is 1. The van der Waals surface area contributed by atoms with E-state index in [0.717, 1.165) is 5.56 Å². The third-order valence-corrected chi connectivity index (χ3v) is 4.27. The van der Waals surface area contributed by atoms with Crippen molar-refractivity contribution in [2.45, 2.75) is 44.9 Å². The summed E-state index contributed by atoms with van der Waals surface area (Å²) in [5.41, 5.74) is 1.00. The Hall–Kier alpha value is -1.20. The van der Waals surface area contributed by atoms with Crippen LogP contribution in [0.25, 0.3) is 0 Å². The fourth-order valence-corrected chi connectivity index (χ4v) is 2.36. The quantitative estimate of drug-likeness (QED) is 0.819. The van der Waals surface area contributed by atoms with Gasteiger partial charge in [-0.1, -0.05) is 30.3 Å². The highest BCUT2D eigenvalue weighted by Crippen LogP contribution is 2.12. The molecule has 0 aliphatic rings. The second kappa shape index (κ2) is 7.55. The van der Waals surface area contributed by atoms with Gasteiger partial charge in [0.2, 0.25) is 0 Å². The van der Waals surface area contributed by atoms with Crippen LogP contribution in [0, 0.1) is 0 Å². The van der Waals surface area contributed by atoms with Gasteiger partial charge in [0, 0.05) is 0 Å². The van der Waals surface area contributed by atoms with E-state index in [4.69, 9.17) is 4.74 Å². The monoisotopic (exact) mass is 297 g/mol. The SMILES string of the molecule is CCOC(=O)[C@@H](Cc1ccccc1)NS(=O)C(C)(C)C. The first-order valence-corrected chi connectivity index (χ1v) is 7.88. The van der Waals surface area contributed by atoms with Gasteiger partial charge in [0.1, 0.15) is 6.04 Å². The topological polar surface area (TPSA) is 55.4 Å². The molecule has 0 radical (unpaired) electrons. The van der Waals surface area contributed by atoms with Crippen molar-refractivity contribution in [3.8, 4) is 0 Å². The molecule has 1 aromatic rings. The maximum absolute atomic E-state index is 12.2. The highest BCUT2D eigenvalue weighted by atomic mass is 32.2. The Morgan fingerprint density at radius 2 is 1.90 bits per heavy atom. The van der Waals surface area contributed by atoms with Gasteiger partial charge in [-0.2, -0.15) is 0 Å². The molecular formula is C15H23NO3S. The van der Waals surface area contributed by atoms with Crippen molar-refractivity contribution in [2.24, 2.45) is 0 Å². The Kier molecular flexibility index (Phi) is 6.36. The summed E-state index contributed by atoms with van der Waals surface area (Å²) in [6.45, 7) is 7.66. The molecule has 0 fully saturated rings.